The van der Waals surface area contributed by atoms with Crippen LogP contribution in [0.25, 0.3) is 0 Å². The molecule has 258 valence electrons. The largest absolute Gasteiger partial charge is 0.550 e. The van der Waals surface area contributed by atoms with E-state index in [-0.39, 0.29) is 0 Å². The van der Waals surface area contributed by atoms with Crippen LogP contribution < -0.4 is 5.11 Å². The molecule has 3 unspecified atom stereocenters. The molecule has 7 nitrogen and oxygen atoms in total. The highest BCUT2D eigenvalue weighted by atomic mass is 16.4. The minimum absolute atomic E-state index is 0.447. The molecule has 2 N–H and O–H groups in total. The van der Waals surface area contributed by atoms with Crippen LogP contribution in [0.1, 0.15) is 163 Å². The Balaban J connectivity index is 4.35. The van der Waals surface area contributed by atoms with Crippen molar-refractivity contribution in [3.05, 3.63) is 12.2 Å². The van der Waals surface area contributed by atoms with Crippen LogP contribution in [0.5, 0.6) is 0 Å². The van der Waals surface area contributed by atoms with Crippen molar-refractivity contribution in [3.8, 4) is 0 Å². The number of allylic oxidation sites excluding steroid dienone is 2. The summed E-state index contributed by atoms with van der Waals surface area (Å²) >= 11 is 0. The molecule has 0 amide bonds. The zero-order valence-corrected chi connectivity index (χ0v) is 29.0. The number of quaternary nitrogens is 1. The number of nitrogens with zero attached hydrogens (tertiary/aromatic N) is 1. The molecule has 0 radical (unpaired) electrons. The predicted octanol–water partition coefficient (Wildman–Crippen LogP) is 8.40. The van der Waals surface area contributed by atoms with E-state index in [9.17, 15) is 29.7 Å². The lowest BCUT2D eigenvalue weighted by Gasteiger charge is -2.41. The predicted molar refractivity (Wildman–Crippen MR) is 179 cm³/mol. The zero-order valence-electron chi connectivity index (χ0n) is 29.0. The van der Waals surface area contributed by atoms with Crippen LogP contribution in [0.4, 0.5) is 0 Å². The fourth-order valence-electron chi connectivity index (χ4n) is 5.97. The van der Waals surface area contributed by atoms with Gasteiger partial charge in [-0.1, -0.05) is 123 Å². The lowest BCUT2D eigenvalue weighted by Crippen LogP contribution is -2.52. The average Bonchev–Trinajstić information content (AvgIpc) is 2.99. The molecule has 0 saturated heterocycles. The van der Waals surface area contributed by atoms with Gasteiger partial charge in [0, 0.05) is 31.1 Å². The molecule has 0 aromatic heterocycles. The summed E-state index contributed by atoms with van der Waals surface area (Å²) in [5, 5.41) is 30.3. The molecule has 0 aromatic rings. The Morgan fingerprint density at radius 3 is 1.18 bits per heavy atom. The van der Waals surface area contributed by atoms with Crippen LogP contribution in [0, 0.1) is 17.8 Å². The number of aliphatic carboxylic acids is 3. The van der Waals surface area contributed by atoms with Gasteiger partial charge in [0.05, 0.1) is 38.0 Å². The Morgan fingerprint density at radius 1 is 0.545 bits per heavy atom. The van der Waals surface area contributed by atoms with Gasteiger partial charge in [0.1, 0.15) is 0 Å². The molecular weight excluding hydrogens is 554 g/mol. The van der Waals surface area contributed by atoms with Gasteiger partial charge in [-0.3, -0.25) is 9.59 Å². The molecule has 0 bridgehead atoms. The highest BCUT2D eigenvalue weighted by Crippen LogP contribution is 2.22. The lowest BCUT2D eigenvalue weighted by atomic mass is 10.0. The van der Waals surface area contributed by atoms with Crippen molar-refractivity contribution in [3.63, 3.8) is 0 Å². The van der Waals surface area contributed by atoms with Crippen molar-refractivity contribution in [1.82, 2.24) is 0 Å². The van der Waals surface area contributed by atoms with Crippen LogP contribution in [0.3, 0.4) is 0 Å². The molecule has 0 heterocycles. The zero-order chi connectivity index (χ0) is 33.1. The van der Waals surface area contributed by atoms with Crippen LogP contribution >= 0.6 is 0 Å². The molecule has 3 atom stereocenters. The maximum atomic E-state index is 11.5. The Labute approximate surface area is 270 Å². The molecule has 7 heteroatoms. The molecule has 0 aromatic carbocycles. The van der Waals surface area contributed by atoms with Gasteiger partial charge in [-0.25, -0.2) is 0 Å². The quantitative estimate of drug-likeness (QED) is 0.0442. The van der Waals surface area contributed by atoms with E-state index in [0.717, 1.165) is 19.4 Å². The minimum Gasteiger partial charge on any atom is -0.550 e. The van der Waals surface area contributed by atoms with Crippen LogP contribution in [0.15, 0.2) is 12.2 Å². The number of carbonyl (C=O) groups is 3. The third-order valence-electron chi connectivity index (χ3n) is 9.59. The van der Waals surface area contributed by atoms with Gasteiger partial charge in [-0.15, -0.1) is 0 Å². The molecular formula is C37H69NO6. The van der Waals surface area contributed by atoms with Gasteiger partial charge in [0.25, 0.3) is 0 Å². The third kappa shape index (κ3) is 23.5. The maximum absolute atomic E-state index is 11.5. The van der Waals surface area contributed by atoms with Crippen molar-refractivity contribution >= 4 is 17.9 Å². The summed E-state index contributed by atoms with van der Waals surface area (Å²) in [6.45, 7) is 9.83. The number of carboxylic acid groups (broad SMARTS) is 3. The molecule has 0 aliphatic carbocycles. The number of unbranched alkanes of at least 4 members (excludes halogenated alkanes) is 17. The highest BCUT2D eigenvalue weighted by Gasteiger charge is 2.30. The minimum atomic E-state index is -1.07. The van der Waals surface area contributed by atoms with E-state index in [4.69, 9.17) is 0 Å². The van der Waals surface area contributed by atoms with E-state index in [1.54, 1.807) is 20.8 Å². The van der Waals surface area contributed by atoms with E-state index in [1.807, 2.05) is 0 Å². The number of hydrogen-bond acceptors (Lipinski definition) is 4. The van der Waals surface area contributed by atoms with Gasteiger partial charge < -0.3 is 24.6 Å². The topological polar surface area (TPSA) is 115 Å². The number of rotatable bonds is 32. The summed E-state index contributed by atoms with van der Waals surface area (Å²) in [6, 6.07) is 0. The Morgan fingerprint density at radius 2 is 0.864 bits per heavy atom. The van der Waals surface area contributed by atoms with Crippen molar-refractivity contribution in [2.24, 2.45) is 17.8 Å². The Kier molecular flexibility index (Phi) is 26.2. The monoisotopic (exact) mass is 624 g/mol. The SMILES string of the molecule is C/C=C/CCCCCCCCCCCCCCCCCCC[N+](CCC(C)C(=O)[O-])(CCC(C)C(=O)O)CCC(C)C(=O)O. The van der Waals surface area contributed by atoms with Crippen LogP contribution in [-0.2, 0) is 14.4 Å². The van der Waals surface area contributed by atoms with Crippen molar-refractivity contribution in [1.29, 1.82) is 0 Å². The van der Waals surface area contributed by atoms with Gasteiger partial charge >= 0.3 is 11.9 Å². The second kappa shape index (κ2) is 27.4. The first kappa shape index (κ1) is 42.1. The van der Waals surface area contributed by atoms with Crippen molar-refractivity contribution in [2.45, 2.75) is 163 Å². The summed E-state index contributed by atoms with van der Waals surface area (Å²) in [5.41, 5.74) is 0. The molecule has 0 aliphatic rings. The Bertz CT molecular complexity index is 707. The smallest absolute Gasteiger partial charge is 0.306 e. The van der Waals surface area contributed by atoms with Crippen molar-refractivity contribution in [2.75, 3.05) is 26.2 Å². The Hall–Kier alpha value is -1.89. The van der Waals surface area contributed by atoms with Crippen LogP contribution in [-0.4, -0.2) is 58.8 Å². The summed E-state index contributed by atoms with van der Waals surface area (Å²) in [7, 11) is 0. The second-order valence-electron chi connectivity index (χ2n) is 13.7. The van der Waals surface area contributed by atoms with E-state index < -0.39 is 35.7 Å². The number of hydrogen-bond donors (Lipinski definition) is 2. The van der Waals surface area contributed by atoms with E-state index in [2.05, 4.69) is 19.1 Å². The first-order chi connectivity index (χ1) is 21.0. The standard InChI is InChI=1S/C37H69NO6/c1-5-6-7-8-9-10-11-12-13-14-15-16-17-18-19-20-21-22-23-24-28-38(29-25-32(2)35(39)40,30-26-33(3)36(41)42)31-27-34(4)37(43)44/h5-6,32-34H,7-31H2,1-4H3,(H2-,39,40,41,42,43,44)/b6-5+. The summed E-state index contributed by atoms with van der Waals surface area (Å²) < 4.78 is 0.587. The van der Waals surface area contributed by atoms with Gasteiger partial charge in [0.15, 0.2) is 0 Å². The van der Waals surface area contributed by atoms with E-state index in [1.165, 1.54) is 103 Å². The van der Waals surface area contributed by atoms with Crippen LogP contribution in [0.2, 0.25) is 0 Å². The second-order valence-corrected chi connectivity index (χ2v) is 13.7. The fourth-order valence-corrected chi connectivity index (χ4v) is 5.97. The highest BCUT2D eigenvalue weighted by molar-refractivity contribution is 5.69. The van der Waals surface area contributed by atoms with E-state index >= 15 is 0 Å². The van der Waals surface area contributed by atoms with Gasteiger partial charge in [-0.2, -0.15) is 0 Å². The first-order valence-electron chi connectivity index (χ1n) is 18.2. The summed E-state index contributed by atoms with van der Waals surface area (Å²) in [4.78, 5) is 34.4. The third-order valence-corrected chi connectivity index (χ3v) is 9.59. The molecule has 0 rings (SSSR count). The van der Waals surface area contributed by atoms with E-state index in [0.29, 0.717) is 43.4 Å². The molecule has 0 aliphatic heterocycles. The molecule has 0 spiro atoms. The first-order valence-corrected chi connectivity index (χ1v) is 18.2. The lowest BCUT2D eigenvalue weighted by molar-refractivity contribution is -0.929. The fraction of sp³-hybridized carbons (Fsp3) is 0.865. The van der Waals surface area contributed by atoms with Gasteiger partial charge in [-0.05, 0) is 32.6 Å². The van der Waals surface area contributed by atoms with Gasteiger partial charge in [0.2, 0.25) is 0 Å². The normalized spacial score (nSPS) is 15.2. The molecule has 44 heavy (non-hydrogen) atoms. The van der Waals surface area contributed by atoms with Crippen molar-refractivity contribution < 1.29 is 34.2 Å². The summed E-state index contributed by atoms with van der Waals surface area (Å²) in [5.74, 6) is -4.30. The average molecular weight is 624 g/mol. The number of carboxylic acids is 3. The maximum Gasteiger partial charge on any atom is 0.306 e. The molecule has 0 saturated carbocycles. The molecule has 0 fully saturated rings. The summed E-state index contributed by atoms with van der Waals surface area (Å²) in [6.07, 6.45) is 29.2. The number of carbonyl (C=O) groups excluding carboxylic acids is 1.